The Labute approximate surface area is 196 Å². The number of hydrogen-bond donors (Lipinski definition) is 4. The average Bonchev–Trinajstić information content (AvgIpc) is 2.80. The van der Waals surface area contributed by atoms with Crippen LogP contribution in [-0.4, -0.2) is 38.4 Å². The molecular weight excluding hydrogens is 461 g/mol. The maximum absolute atomic E-state index is 13.1. The third kappa shape index (κ3) is 6.55. The van der Waals surface area contributed by atoms with Crippen molar-refractivity contribution in [3.8, 4) is 5.75 Å². The first kappa shape index (κ1) is 24.7. The Kier molecular flexibility index (Phi) is 7.85. The molecule has 8 nitrogen and oxygen atoms in total. The minimum Gasteiger partial charge on any atom is -0.508 e. The molecule has 2 amide bonds. The number of amides is 2. The van der Waals surface area contributed by atoms with Gasteiger partial charge >= 0.3 is 0 Å². The van der Waals surface area contributed by atoms with Crippen LogP contribution in [0.4, 0.5) is 10.1 Å². The summed E-state index contributed by atoms with van der Waals surface area (Å²) >= 11 is 0. The van der Waals surface area contributed by atoms with Gasteiger partial charge in [-0.1, -0.05) is 12.1 Å². The summed E-state index contributed by atoms with van der Waals surface area (Å²) in [6.07, 6.45) is 0.444. The van der Waals surface area contributed by atoms with Crippen molar-refractivity contribution in [1.29, 1.82) is 0 Å². The van der Waals surface area contributed by atoms with Crippen molar-refractivity contribution in [1.82, 2.24) is 10.6 Å². The maximum atomic E-state index is 13.1. The summed E-state index contributed by atoms with van der Waals surface area (Å²) in [6.45, 7) is 2.24. The molecule has 0 spiro atoms. The zero-order valence-electron chi connectivity index (χ0n) is 18.3. The van der Waals surface area contributed by atoms with Crippen molar-refractivity contribution in [2.45, 2.75) is 18.2 Å². The molecule has 0 saturated carbocycles. The van der Waals surface area contributed by atoms with Gasteiger partial charge in [-0.15, -0.1) is 0 Å². The molecule has 3 aromatic rings. The number of benzene rings is 3. The number of carbonyl (C=O) groups is 2. The van der Waals surface area contributed by atoms with E-state index in [2.05, 4.69) is 15.4 Å². The SMILES string of the molecule is Cc1ccc(S(=O)(=O)Nc2ccc(F)cc2)cc1C(=O)NCCCNC(=O)c1cccc(O)c1. The van der Waals surface area contributed by atoms with E-state index in [1.54, 1.807) is 19.1 Å². The Balaban J connectivity index is 1.56. The molecule has 0 aliphatic heterocycles. The van der Waals surface area contributed by atoms with Crippen molar-refractivity contribution < 1.29 is 27.5 Å². The van der Waals surface area contributed by atoms with Gasteiger partial charge in [-0.3, -0.25) is 14.3 Å². The van der Waals surface area contributed by atoms with Crippen molar-refractivity contribution in [2.24, 2.45) is 0 Å². The minimum absolute atomic E-state index is 0.00704. The molecule has 0 saturated heterocycles. The van der Waals surface area contributed by atoms with E-state index in [-0.39, 0.29) is 34.3 Å². The van der Waals surface area contributed by atoms with E-state index in [0.29, 0.717) is 24.1 Å². The number of phenolic OH excluding ortho intramolecular Hbond substituents is 1. The Morgan fingerprint density at radius 3 is 2.26 bits per heavy atom. The van der Waals surface area contributed by atoms with Gasteiger partial charge in [0.05, 0.1) is 4.90 Å². The van der Waals surface area contributed by atoms with Crippen LogP contribution in [0.1, 0.15) is 32.7 Å². The van der Waals surface area contributed by atoms with Crippen LogP contribution in [0, 0.1) is 12.7 Å². The Hall–Kier alpha value is -3.92. The van der Waals surface area contributed by atoms with Gasteiger partial charge in [0.2, 0.25) is 0 Å². The summed E-state index contributed by atoms with van der Waals surface area (Å²) < 4.78 is 40.8. The molecule has 10 heteroatoms. The van der Waals surface area contributed by atoms with E-state index in [1.165, 1.54) is 42.5 Å². The second-order valence-corrected chi connectivity index (χ2v) is 9.19. The van der Waals surface area contributed by atoms with E-state index in [1.807, 2.05) is 0 Å². The number of halogens is 1. The fourth-order valence-corrected chi connectivity index (χ4v) is 4.17. The number of aromatic hydroxyl groups is 1. The molecule has 0 aromatic heterocycles. The van der Waals surface area contributed by atoms with Crippen LogP contribution in [-0.2, 0) is 10.0 Å². The fourth-order valence-electron chi connectivity index (χ4n) is 3.08. The maximum Gasteiger partial charge on any atom is 0.261 e. The molecule has 0 aliphatic carbocycles. The topological polar surface area (TPSA) is 125 Å². The van der Waals surface area contributed by atoms with E-state index < -0.39 is 21.7 Å². The van der Waals surface area contributed by atoms with Gasteiger partial charge in [0, 0.05) is 29.9 Å². The Morgan fingerprint density at radius 1 is 0.912 bits per heavy atom. The highest BCUT2D eigenvalue weighted by Crippen LogP contribution is 2.20. The molecule has 0 heterocycles. The smallest absolute Gasteiger partial charge is 0.261 e. The number of rotatable bonds is 9. The van der Waals surface area contributed by atoms with Gasteiger partial charge < -0.3 is 15.7 Å². The molecule has 3 rings (SSSR count). The zero-order valence-corrected chi connectivity index (χ0v) is 19.2. The Bertz CT molecular complexity index is 1290. The first-order valence-electron chi connectivity index (χ1n) is 10.4. The number of phenols is 1. The van der Waals surface area contributed by atoms with Crippen molar-refractivity contribution in [3.63, 3.8) is 0 Å². The summed E-state index contributed by atoms with van der Waals surface area (Å²) in [5.41, 5.74) is 1.31. The molecule has 0 fully saturated rings. The number of aryl methyl sites for hydroxylation is 1. The van der Waals surface area contributed by atoms with E-state index in [0.717, 1.165) is 12.1 Å². The largest absolute Gasteiger partial charge is 0.508 e. The molecule has 0 unspecified atom stereocenters. The lowest BCUT2D eigenvalue weighted by molar-refractivity contribution is 0.0951. The van der Waals surface area contributed by atoms with Crippen LogP contribution in [0.25, 0.3) is 0 Å². The van der Waals surface area contributed by atoms with Gasteiger partial charge in [0.15, 0.2) is 0 Å². The third-order valence-corrected chi connectivity index (χ3v) is 6.27. The zero-order chi connectivity index (χ0) is 24.7. The standard InChI is InChI=1S/C24H24FN3O5S/c1-16-6-11-21(34(32,33)28-19-9-7-18(25)8-10-19)15-22(16)24(31)27-13-3-12-26-23(30)17-4-2-5-20(29)14-17/h2,4-11,14-15,28-29H,3,12-13H2,1H3,(H,26,30)(H,27,31). The number of sulfonamides is 1. The van der Waals surface area contributed by atoms with Gasteiger partial charge in [-0.2, -0.15) is 0 Å². The number of anilines is 1. The van der Waals surface area contributed by atoms with Crippen LogP contribution in [0.3, 0.4) is 0 Å². The minimum atomic E-state index is -3.98. The predicted octanol–water partition coefficient (Wildman–Crippen LogP) is 3.19. The number of hydrogen-bond acceptors (Lipinski definition) is 5. The molecule has 0 aliphatic rings. The molecule has 3 aromatic carbocycles. The summed E-state index contributed by atoms with van der Waals surface area (Å²) in [4.78, 5) is 24.6. The molecule has 0 radical (unpaired) electrons. The normalized spacial score (nSPS) is 11.0. The number of nitrogens with one attached hydrogen (secondary N) is 3. The van der Waals surface area contributed by atoms with Gasteiger partial charge in [0.25, 0.3) is 21.8 Å². The van der Waals surface area contributed by atoms with Crippen LogP contribution < -0.4 is 15.4 Å². The summed E-state index contributed by atoms with van der Waals surface area (Å²) in [5.74, 6) is -1.29. The number of carbonyl (C=O) groups excluding carboxylic acids is 2. The molecule has 0 atom stereocenters. The predicted molar refractivity (Wildman–Crippen MR) is 126 cm³/mol. The van der Waals surface area contributed by atoms with Gasteiger partial charge in [0.1, 0.15) is 11.6 Å². The highest BCUT2D eigenvalue weighted by molar-refractivity contribution is 7.92. The van der Waals surface area contributed by atoms with Crippen molar-refractivity contribution >= 4 is 27.5 Å². The highest BCUT2D eigenvalue weighted by atomic mass is 32.2. The van der Waals surface area contributed by atoms with Crippen molar-refractivity contribution in [3.05, 3.63) is 89.2 Å². The quantitative estimate of drug-likeness (QED) is 0.347. The third-order valence-electron chi connectivity index (χ3n) is 4.89. The second kappa shape index (κ2) is 10.8. The fraction of sp³-hybridized carbons (Fsp3) is 0.167. The van der Waals surface area contributed by atoms with Crippen LogP contribution in [0.5, 0.6) is 5.75 Å². The molecule has 4 N–H and O–H groups in total. The van der Waals surface area contributed by atoms with Crippen LogP contribution >= 0.6 is 0 Å². The molecule has 178 valence electrons. The first-order chi connectivity index (χ1) is 16.2. The Morgan fingerprint density at radius 2 is 1.59 bits per heavy atom. The molecular formula is C24H24FN3O5S. The molecule has 0 bridgehead atoms. The average molecular weight is 486 g/mol. The van der Waals surface area contributed by atoms with Crippen molar-refractivity contribution in [2.75, 3.05) is 17.8 Å². The lowest BCUT2D eigenvalue weighted by Crippen LogP contribution is -2.30. The molecule has 34 heavy (non-hydrogen) atoms. The first-order valence-corrected chi connectivity index (χ1v) is 11.9. The van der Waals surface area contributed by atoms with Gasteiger partial charge in [-0.25, -0.2) is 12.8 Å². The van der Waals surface area contributed by atoms with Gasteiger partial charge in [-0.05, 0) is 73.5 Å². The van der Waals surface area contributed by atoms with E-state index in [4.69, 9.17) is 0 Å². The summed E-state index contributed by atoms with van der Waals surface area (Å²) in [5, 5.41) is 14.8. The monoisotopic (exact) mass is 485 g/mol. The highest BCUT2D eigenvalue weighted by Gasteiger charge is 2.18. The lowest BCUT2D eigenvalue weighted by Gasteiger charge is -2.12. The summed E-state index contributed by atoms with van der Waals surface area (Å²) in [7, 11) is -3.98. The van der Waals surface area contributed by atoms with Crippen LogP contribution in [0.2, 0.25) is 0 Å². The lowest BCUT2D eigenvalue weighted by atomic mass is 10.1. The summed E-state index contributed by atoms with van der Waals surface area (Å²) in [6, 6.07) is 15.0. The van der Waals surface area contributed by atoms with E-state index in [9.17, 15) is 27.5 Å². The van der Waals surface area contributed by atoms with Crippen LogP contribution in [0.15, 0.2) is 71.6 Å². The van der Waals surface area contributed by atoms with E-state index >= 15 is 0 Å². The second-order valence-electron chi connectivity index (χ2n) is 7.50.